The maximum atomic E-state index is 12.8. The highest BCUT2D eigenvalue weighted by atomic mass is 16.2. The summed E-state index contributed by atoms with van der Waals surface area (Å²) in [5.74, 6) is 0.0187. The number of nitrogens with zero attached hydrogens (tertiary/aromatic N) is 1. The molecule has 1 heterocycles. The lowest BCUT2D eigenvalue weighted by molar-refractivity contribution is 0.0989. The van der Waals surface area contributed by atoms with Crippen LogP contribution in [0.15, 0.2) is 48.5 Å². The number of carbonyl (C=O) groups is 2. The zero-order valence-corrected chi connectivity index (χ0v) is 14.4. The lowest BCUT2D eigenvalue weighted by Gasteiger charge is -2.18. The number of nitrogens with one attached hydrogen (secondary N) is 2. The minimum absolute atomic E-state index is 0.0187. The maximum absolute atomic E-state index is 12.8. The van der Waals surface area contributed by atoms with Crippen LogP contribution in [-0.4, -0.2) is 25.0 Å². The van der Waals surface area contributed by atoms with Gasteiger partial charge in [-0.3, -0.25) is 4.79 Å². The predicted molar refractivity (Wildman–Crippen MR) is 98.8 cm³/mol. The third-order valence-electron chi connectivity index (χ3n) is 4.30. The van der Waals surface area contributed by atoms with Crippen LogP contribution in [0.1, 0.15) is 34.8 Å². The molecule has 3 amide bonds. The molecule has 130 valence electrons. The van der Waals surface area contributed by atoms with Crippen LogP contribution in [0.3, 0.4) is 0 Å². The van der Waals surface area contributed by atoms with Gasteiger partial charge in [-0.15, -0.1) is 0 Å². The fraction of sp³-hybridized carbons (Fsp3) is 0.300. The van der Waals surface area contributed by atoms with Gasteiger partial charge >= 0.3 is 6.03 Å². The Balaban J connectivity index is 1.71. The highest BCUT2D eigenvalue weighted by molar-refractivity contribution is 6.07. The van der Waals surface area contributed by atoms with Crippen molar-refractivity contribution in [2.24, 2.45) is 0 Å². The number of benzene rings is 2. The molecule has 2 aromatic carbocycles. The second-order valence-corrected chi connectivity index (χ2v) is 6.15. The van der Waals surface area contributed by atoms with Gasteiger partial charge in [0, 0.05) is 30.9 Å². The second kappa shape index (κ2) is 7.83. The van der Waals surface area contributed by atoms with Gasteiger partial charge in [-0.05, 0) is 42.2 Å². The first kappa shape index (κ1) is 17.0. The van der Waals surface area contributed by atoms with E-state index in [1.165, 1.54) is 5.56 Å². The predicted octanol–water partition coefficient (Wildman–Crippen LogP) is 3.10. The smallest absolute Gasteiger partial charge is 0.315 e. The number of carbonyl (C=O) groups excluding carboxylic acids is 2. The normalized spacial score (nSPS) is 12.6. The van der Waals surface area contributed by atoms with Gasteiger partial charge in [0.2, 0.25) is 0 Å². The molecule has 0 radical (unpaired) electrons. The quantitative estimate of drug-likeness (QED) is 0.881. The standard InChI is InChI=1S/C20H23N3O2/c1-2-11-21-20(25)22-14-15-8-9-16-10-12-23(18(16)13-15)19(24)17-6-4-3-5-7-17/h3-9,13H,2,10-12,14H2,1H3,(H2,21,22,25). The molecule has 3 rings (SSSR count). The van der Waals surface area contributed by atoms with E-state index in [4.69, 9.17) is 0 Å². The topological polar surface area (TPSA) is 61.4 Å². The number of fused-ring (bicyclic) bond motifs is 1. The summed E-state index contributed by atoms with van der Waals surface area (Å²) in [6, 6.07) is 15.2. The molecule has 5 nitrogen and oxygen atoms in total. The summed E-state index contributed by atoms with van der Waals surface area (Å²) in [5, 5.41) is 5.64. The van der Waals surface area contributed by atoms with Crippen LogP contribution in [0.25, 0.3) is 0 Å². The van der Waals surface area contributed by atoms with Crippen molar-refractivity contribution in [3.63, 3.8) is 0 Å². The molecule has 2 aromatic rings. The molecule has 1 aliphatic rings. The van der Waals surface area contributed by atoms with Gasteiger partial charge in [-0.2, -0.15) is 0 Å². The van der Waals surface area contributed by atoms with E-state index in [1.54, 1.807) is 0 Å². The summed E-state index contributed by atoms with van der Waals surface area (Å²) >= 11 is 0. The Bertz CT molecular complexity index is 759. The Hall–Kier alpha value is -2.82. The van der Waals surface area contributed by atoms with Crippen LogP contribution >= 0.6 is 0 Å². The molecule has 0 aromatic heterocycles. The number of urea groups is 1. The largest absolute Gasteiger partial charge is 0.338 e. The lowest BCUT2D eigenvalue weighted by atomic mass is 10.1. The van der Waals surface area contributed by atoms with E-state index >= 15 is 0 Å². The minimum Gasteiger partial charge on any atom is -0.338 e. The molecule has 0 unspecified atom stereocenters. The van der Waals surface area contributed by atoms with Crippen molar-refractivity contribution >= 4 is 17.6 Å². The van der Waals surface area contributed by atoms with Crippen molar-refractivity contribution in [2.45, 2.75) is 26.3 Å². The monoisotopic (exact) mass is 337 g/mol. The average Bonchev–Trinajstić information content (AvgIpc) is 3.08. The third kappa shape index (κ3) is 3.99. The van der Waals surface area contributed by atoms with Gasteiger partial charge < -0.3 is 15.5 Å². The molecule has 0 aliphatic carbocycles. The Morgan fingerprint density at radius 3 is 2.64 bits per heavy atom. The van der Waals surface area contributed by atoms with E-state index in [0.717, 1.165) is 24.1 Å². The van der Waals surface area contributed by atoms with Crippen LogP contribution in [0.5, 0.6) is 0 Å². The molecule has 5 heteroatoms. The Morgan fingerprint density at radius 2 is 1.88 bits per heavy atom. The summed E-state index contributed by atoms with van der Waals surface area (Å²) < 4.78 is 0. The number of anilines is 1. The van der Waals surface area contributed by atoms with Crippen LogP contribution in [-0.2, 0) is 13.0 Å². The van der Waals surface area contributed by atoms with Crippen molar-refractivity contribution < 1.29 is 9.59 Å². The summed E-state index contributed by atoms with van der Waals surface area (Å²) in [7, 11) is 0. The number of hydrogen-bond donors (Lipinski definition) is 2. The first-order valence-corrected chi connectivity index (χ1v) is 8.69. The molecule has 0 atom stereocenters. The molecular weight excluding hydrogens is 314 g/mol. The van der Waals surface area contributed by atoms with Gasteiger partial charge in [0.25, 0.3) is 5.91 Å². The second-order valence-electron chi connectivity index (χ2n) is 6.15. The Kier molecular flexibility index (Phi) is 5.33. The Morgan fingerprint density at radius 1 is 1.08 bits per heavy atom. The molecular formula is C20H23N3O2. The van der Waals surface area contributed by atoms with Crippen molar-refractivity contribution in [1.29, 1.82) is 0 Å². The first-order valence-electron chi connectivity index (χ1n) is 8.69. The van der Waals surface area contributed by atoms with Crippen molar-refractivity contribution in [1.82, 2.24) is 10.6 Å². The molecule has 0 bridgehead atoms. The number of rotatable bonds is 5. The summed E-state index contributed by atoms with van der Waals surface area (Å²) in [4.78, 5) is 26.3. The van der Waals surface area contributed by atoms with Crippen LogP contribution in [0.2, 0.25) is 0 Å². The van der Waals surface area contributed by atoms with Gasteiger partial charge in [0.05, 0.1) is 0 Å². The van der Waals surface area contributed by atoms with E-state index in [9.17, 15) is 9.59 Å². The van der Waals surface area contributed by atoms with Gasteiger partial charge in [-0.25, -0.2) is 4.79 Å². The molecule has 0 fully saturated rings. The van der Waals surface area contributed by atoms with Crippen LogP contribution in [0, 0.1) is 0 Å². The summed E-state index contributed by atoms with van der Waals surface area (Å²) in [6.45, 7) is 3.81. The molecule has 2 N–H and O–H groups in total. The number of amides is 3. The highest BCUT2D eigenvalue weighted by Crippen LogP contribution is 2.30. The third-order valence-corrected chi connectivity index (χ3v) is 4.30. The number of hydrogen-bond acceptors (Lipinski definition) is 2. The zero-order chi connectivity index (χ0) is 17.6. The summed E-state index contributed by atoms with van der Waals surface area (Å²) in [5.41, 5.74) is 3.79. The fourth-order valence-corrected chi connectivity index (χ4v) is 2.97. The SMILES string of the molecule is CCCNC(=O)NCc1ccc2c(c1)N(C(=O)c1ccccc1)CC2. The van der Waals surface area contributed by atoms with E-state index in [0.29, 0.717) is 25.2 Å². The van der Waals surface area contributed by atoms with E-state index < -0.39 is 0 Å². The fourth-order valence-electron chi connectivity index (χ4n) is 2.97. The van der Waals surface area contributed by atoms with Gasteiger partial charge in [0.15, 0.2) is 0 Å². The van der Waals surface area contributed by atoms with Crippen molar-refractivity contribution in [3.05, 3.63) is 65.2 Å². The molecule has 0 spiro atoms. The lowest BCUT2D eigenvalue weighted by Crippen LogP contribution is -2.35. The van der Waals surface area contributed by atoms with Crippen molar-refractivity contribution in [2.75, 3.05) is 18.0 Å². The average molecular weight is 337 g/mol. The summed E-state index contributed by atoms with van der Waals surface area (Å²) in [6.07, 6.45) is 1.77. The van der Waals surface area contributed by atoms with Gasteiger partial charge in [0.1, 0.15) is 0 Å². The zero-order valence-electron chi connectivity index (χ0n) is 14.4. The molecule has 0 saturated carbocycles. The van der Waals surface area contributed by atoms with E-state index in [2.05, 4.69) is 16.7 Å². The van der Waals surface area contributed by atoms with E-state index in [-0.39, 0.29) is 11.9 Å². The highest BCUT2D eigenvalue weighted by Gasteiger charge is 2.25. The first-order chi connectivity index (χ1) is 12.2. The molecule has 1 aliphatic heterocycles. The van der Waals surface area contributed by atoms with E-state index in [1.807, 2.05) is 54.3 Å². The van der Waals surface area contributed by atoms with Crippen molar-refractivity contribution in [3.8, 4) is 0 Å². The van der Waals surface area contributed by atoms with Gasteiger partial charge in [-0.1, -0.05) is 37.3 Å². The Labute approximate surface area is 148 Å². The molecule has 25 heavy (non-hydrogen) atoms. The van der Waals surface area contributed by atoms with Crippen LogP contribution < -0.4 is 15.5 Å². The maximum Gasteiger partial charge on any atom is 0.315 e. The minimum atomic E-state index is -0.167. The molecule has 0 saturated heterocycles. The van der Waals surface area contributed by atoms with Crippen LogP contribution in [0.4, 0.5) is 10.5 Å².